The third-order valence-corrected chi connectivity index (χ3v) is 9.28. The first-order valence-corrected chi connectivity index (χ1v) is 17.4. The van der Waals surface area contributed by atoms with Gasteiger partial charge in [-0.15, -0.1) is 11.8 Å². The fourth-order valence-electron chi connectivity index (χ4n) is 5.40. The van der Waals surface area contributed by atoms with Crippen molar-refractivity contribution in [2.45, 2.75) is 16.3 Å². The molecule has 8 nitrogen and oxygen atoms in total. The molecule has 6 aromatic rings. The minimum atomic E-state index is -4.66. The average Bonchev–Trinajstić information content (AvgIpc) is 3.66. The second-order valence-corrected chi connectivity index (χ2v) is 12.9. The minimum absolute atomic E-state index is 0.0943. The van der Waals surface area contributed by atoms with Gasteiger partial charge in [0.25, 0.3) is 11.8 Å². The van der Waals surface area contributed by atoms with Crippen molar-refractivity contribution >= 4 is 46.9 Å². The summed E-state index contributed by atoms with van der Waals surface area (Å²) in [7, 11) is 1.55. The summed E-state index contributed by atoms with van der Waals surface area (Å²) < 4.78 is 52.5. The van der Waals surface area contributed by atoms with E-state index in [4.69, 9.17) is 9.15 Å². The molecule has 0 aliphatic heterocycles. The number of alkyl halides is 3. The number of carbonyl (C=O) groups excluding carboxylic acids is 3. The summed E-state index contributed by atoms with van der Waals surface area (Å²) in [6, 6.07) is 39.2. The highest BCUT2D eigenvalue weighted by Gasteiger charge is 2.34. The van der Waals surface area contributed by atoms with Crippen molar-refractivity contribution in [2.24, 2.45) is 0 Å². The van der Waals surface area contributed by atoms with Gasteiger partial charge in [-0.05, 0) is 78.4 Å². The van der Waals surface area contributed by atoms with E-state index in [0.29, 0.717) is 44.5 Å². The Balaban J connectivity index is 1.22. The van der Waals surface area contributed by atoms with Crippen molar-refractivity contribution in [3.8, 4) is 17.1 Å². The first-order chi connectivity index (χ1) is 26.1. The number of furan rings is 1. The van der Waals surface area contributed by atoms with Crippen LogP contribution in [0.5, 0.6) is 5.75 Å². The normalized spacial score (nSPS) is 12.0. The maximum absolute atomic E-state index is 13.7. The third kappa shape index (κ3) is 9.27. The number of hydrogen-bond donors (Lipinski definition) is 3. The van der Waals surface area contributed by atoms with Crippen LogP contribution in [-0.2, 0) is 15.8 Å². The molecule has 0 unspecified atom stereocenters. The first kappa shape index (κ1) is 37.2. The van der Waals surface area contributed by atoms with E-state index < -0.39 is 34.7 Å². The van der Waals surface area contributed by atoms with E-state index in [2.05, 4.69) is 16.0 Å². The fraction of sp³-hybridized carbons (Fsp3) is 0.0714. The molecule has 3 N–H and O–H groups in total. The van der Waals surface area contributed by atoms with E-state index in [1.54, 1.807) is 110 Å². The first-order valence-electron chi connectivity index (χ1n) is 16.5. The van der Waals surface area contributed by atoms with Crippen LogP contribution in [0.4, 0.5) is 24.5 Å². The number of para-hydroxylation sites is 2. The van der Waals surface area contributed by atoms with Crippen LogP contribution < -0.4 is 20.7 Å². The van der Waals surface area contributed by atoms with Gasteiger partial charge in [-0.2, -0.15) is 13.2 Å². The summed E-state index contributed by atoms with van der Waals surface area (Å²) in [4.78, 5) is 41.0. The molecule has 0 aliphatic rings. The zero-order chi connectivity index (χ0) is 38.1. The number of hydrogen-bond acceptors (Lipinski definition) is 6. The van der Waals surface area contributed by atoms with Crippen LogP contribution in [0.15, 0.2) is 161 Å². The zero-order valence-electron chi connectivity index (χ0n) is 28.6. The van der Waals surface area contributed by atoms with Crippen molar-refractivity contribution in [3.63, 3.8) is 0 Å². The van der Waals surface area contributed by atoms with E-state index in [1.165, 1.54) is 24.3 Å². The molecular formula is C42H32F3N3O5S. The lowest BCUT2D eigenvalue weighted by molar-refractivity contribution is -0.137. The number of carbonyl (C=O) groups is 3. The van der Waals surface area contributed by atoms with Crippen molar-refractivity contribution in [3.05, 3.63) is 174 Å². The summed E-state index contributed by atoms with van der Waals surface area (Å²) in [5.41, 5.74) is 0.607. The summed E-state index contributed by atoms with van der Waals surface area (Å²) in [5.74, 6) is -0.404. The van der Waals surface area contributed by atoms with Crippen LogP contribution in [0, 0.1) is 0 Å². The van der Waals surface area contributed by atoms with E-state index in [0.717, 1.165) is 17.8 Å². The van der Waals surface area contributed by atoms with Crippen LogP contribution in [0.2, 0.25) is 0 Å². The Morgan fingerprint density at radius 1 is 0.741 bits per heavy atom. The molecule has 6 rings (SSSR count). The highest BCUT2D eigenvalue weighted by atomic mass is 32.2. The van der Waals surface area contributed by atoms with Gasteiger partial charge in [0, 0.05) is 22.2 Å². The fourth-order valence-corrected chi connectivity index (χ4v) is 6.42. The Morgan fingerprint density at radius 3 is 2.09 bits per heavy atom. The predicted molar refractivity (Wildman–Crippen MR) is 203 cm³/mol. The lowest BCUT2D eigenvalue weighted by Gasteiger charge is -2.19. The molecule has 5 aromatic carbocycles. The molecule has 0 bridgehead atoms. The van der Waals surface area contributed by atoms with Crippen LogP contribution in [0.1, 0.15) is 32.5 Å². The summed E-state index contributed by atoms with van der Waals surface area (Å²) in [5, 5.41) is 7.01. The largest absolute Gasteiger partial charge is 0.496 e. The third-order valence-electron chi connectivity index (χ3n) is 8.01. The number of rotatable bonds is 12. The van der Waals surface area contributed by atoms with Gasteiger partial charge in [0.1, 0.15) is 28.2 Å². The second kappa shape index (κ2) is 16.9. The summed E-state index contributed by atoms with van der Waals surface area (Å²) >= 11 is 1.13. The Labute approximate surface area is 313 Å². The lowest BCUT2D eigenvalue weighted by Crippen LogP contribution is -2.30. The van der Waals surface area contributed by atoms with Crippen LogP contribution >= 0.6 is 11.8 Å². The number of methoxy groups -OCH3 is 1. The molecule has 0 saturated heterocycles. The van der Waals surface area contributed by atoms with Gasteiger partial charge in [0.05, 0.1) is 23.9 Å². The Morgan fingerprint density at radius 2 is 1.39 bits per heavy atom. The molecule has 0 fully saturated rings. The van der Waals surface area contributed by atoms with Gasteiger partial charge in [-0.1, -0.05) is 72.8 Å². The van der Waals surface area contributed by atoms with Crippen molar-refractivity contribution < 1.29 is 36.7 Å². The van der Waals surface area contributed by atoms with Crippen molar-refractivity contribution in [2.75, 3.05) is 17.7 Å². The lowest BCUT2D eigenvalue weighted by atomic mass is 10.1. The number of anilines is 2. The van der Waals surface area contributed by atoms with Gasteiger partial charge in [0.2, 0.25) is 5.91 Å². The number of benzene rings is 5. The number of ether oxygens (including phenoxy) is 1. The van der Waals surface area contributed by atoms with Crippen molar-refractivity contribution in [1.82, 2.24) is 5.32 Å². The summed E-state index contributed by atoms with van der Waals surface area (Å²) in [6.45, 7) is 0. The van der Waals surface area contributed by atoms with Crippen LogP contribution in [0.25, 0.3) is 17.4 Å². The SMILES string of the molecule is COc1ccccc1-c1ccc(/C=C(\NC(=O)c2ccccc2)C(=O)Nc2ccc(S[C@@H](C(=O)Nc3ccccc3C(F)(F)F)c3ccccc3)cc2)o1. The monoisotopic (exact) mass is 747 g/mol. The summed E-state index contributed by atoms with van der Waals surface area (Å²) in [6.07, 6.45) is -3.24. The van der Waals surface area contributed by atoms with E-state index >= 15 is 0 Å². The van der Waals surface area contributed by atoms with Crippen LogP contribution in [-0.4, -0.2) is 24.8 Å². The van der Waals surface area contributed by atoms with E-state index in [9.17, 15) is 27.6 Å². The zero-order valence-corrected chi connectivity index (χ0v) is 29.4. The van der Waals surface area contributed by atoms with Gasteiger partial charge in [-0.25, -0.2) is 0 Å². The molecule has 0 spiro atoms. The molecule has 0 aliphatic carbocycles. The van der Waals surface area contributed by atoms with Crippen LogP contribution in [0.3, 0.4) is 0 Å². The van der Waals surface area contributed by atoms with E-state index in [1.807, 2.05) is 18.2 Å². The van der Waals surface area contributed by atoms with Gasteiger partial charge >= 0.3 is 6.18 Å². The molecule has 54 heavy (non-hydrogen) atoms. The maximum Gasteiger partial charge on any atom is 0.418 e. The predicted octanol–water partition coefficient (Wildman–Crippen LogP) is 9.86. The molecule has 3 amide bonds. The standard InChI is InChI=1S/C42H32F3N3O5S/c1-52-36-19-11-8-16-32(36)37-25-22-30(53-37)26-35(48-39(49)28-14-6-3-7-15-28)40(50)46-29-20-23-31(24-21-29)54-38(27-12-4-2-5-13-27)41(51)47-34-18-10-9-17-33(34)42(43,44)45/h2-26,38H,1H3,(H,46,50)(H,47,51)(H,48,49)/b35-26-/t38-/m1/s1. The quantitative estimate of drug-likeness (QED) is 0.0850. The molecular weight excluding hydrogens is 716 g/mol. The Bertz CT molecular complexity index is 2270. The number of halogens is 3. The molecule has 0 radical (unpaired) electrons. The Hall–Kier alpha value is -6.53. The number of amides is 3. The van der Waals surface area contributed by atoms with Gasteiger partial charge < -0.3 is 25.1 Å². The maximum atomic E-state index is 13.7. The van der Waals surface area contributed by atoms with Gasteiger partial charge in [0.15, 0.2) is 0 Å². The highest BCUT2D eigenvalue weighted by Crippen LogP contribution is 2.39. The smallest absolute Gasteiger partial charge is 0.418 e. The number of thioether (sulfide) groups is 1. The Kier molecular flexibility index (Phi) is 11.6. The van der Waals surface area contributed by atoms with Crippen molar-refractivity contribution in [1.29, 1.82) is 0 Å². The van der Waals surface area contributed by atoms with Gasteiger partial charge in [-0.3, -0.25) is 14.4 Å². The second-order valence-electron chi connectivity index (χ2n) is 11.7. The average molecular weight is 748 g/mol. The molecule has 12 heteroatoms. The topological polar surface area (TPSA) is 110 Å². The highest BCUT2D eigenvalue weighted by molar-refractivity contribution is 8.00. The molecule has 1 heterocycles. The molecule has 272 valence electrons. The van der Waals surface area contributed by atoms with E-state index in [-0.39, 0.29) is 11.4 Å². The minimum Gasteiger partial charge on any atom is -0.496 e. The molecule has 1 aromatic heterocycles. The molecule has 0 saturated carbocycles. The molecule has 1 atom stereocenters. The number of nitrogens with one attached hydrogen (secondary N) is 3.